The Bertz CT molecular complexity index is 573. The molecule has 2 aliphatic rings. The van der Waals surface area contributed by atoms with E-state index in [2.05, 4.69) is 6.92 Å². The lowest BCUT2D eigenvalue weighted by Crippen LogP contribution is -2.40. The first-order valence-electron chi connectivity index (χ1n) is 8.40. The number of aliphatic imine (C=N–C) groups is 1. The average Bonchev–Trinajstić information content (AvgIpc) is 3.09. The lowest BCUT2D eigenvalue weighted by molar-refractivity contribution is -0.131. The standard InChI is InChI=1S/C18H23BN2O/c1-2-3-6-16-20-18(11-4-5-12-18)17(22)21(16)13-14-7-9-15(19)10-8-14/h7-10H,2-6,11-13H2,1H3. The van der Waals surface area contributed by atoms with E-state index in [9.17, 15) is 4.79 Å². The first-order valence-corrected chi connectivity index (χ1v) is 8.40. The lowest BCUT2D eigenvalue weighted by Gasteiger charge is -2.22. The van der Waals surface area contributed by atoms with Crippen LogP contribution in [0, 0.1) is 0 Å². The van der Waals surface area contributed by atoms with E-state index >= 15 is 0 Å². The molecule has 1 aliphatic carbocycles. The van der Waals surface area contributed by atoms with Crippen LogP contribution in [-0.4, -0.2) is 30.0 Å². The van der Waals surface area contributed by atoms with E-state index in [1.165, 1.54) is 0 Å². The molecule has 3 nitrogen and oxygen atoms in total. The van der Waals surface area contributed by atoms with Gasteiger partial charge in [0.05, 0.1) is 6.54 Å². The van der Waals surface area contributed by atoms with Gasteiger partial charge in [0.1, 0.15) is 19.2 Å². The number of unbranched alkanes of at least 4 members (excludes halogenated alkanes) is 1. The van der Waals surface area contributed by atoms with Gasteiger partial charge in [0.25, 0.3) is 5.91 Å². The second-order valence-corrected chi connectivity index (χ2v) is 6.50. The molecule has 0 saturated heterocycles. The third-order valence-corrected chi connectivity index (χ3v) is 4.80. The Balaban J connectivity index is 1.82. The summed E-state index contributed by atoms with van der Waals surface area (Å²) in [5.74, 6) is 1.21. The van der Waals surface area contributed by atoms with E-state index in [0.717, 1.165) is 61.8 Å². The summed E-state index contributed by atoms with van der Waals surface area (Å²) in [6, 6.07) is 7.79. The molecular formula is C18H23BN2O. The molecule has 0 aromatic heterocycles. The van der Waals surface area contributed by atoms with Crippen molar-refractivity contribution in [1.29, 1.82) is 0 Å². The Morgan fingerprint density at radius 2 is 1.91 bits per heavy atom. The Kier molecular flexibility index (Phi) is 4.37. The number of benzene rings is 1. The fourth-order valence-corrected chi connectivity index (χ4v) is 3.50. The molecule has 4 heteroatoms. The van der Waals surface area contributed by atoms with Crippen molar-refractivity contribution in [2.24, 2.45) is 4.99 Å². The van der Waals surface area contributed by atoms with Crippen molar-refractivity contribution in [3.05, 3.63) is 29.8 Å². The van der Waals surface area contributed by atoms with Crippen LogP contribution in [0.5, 0.6) is 0 Å². The fraction of sp³-hybridized carbons (Fsp3) is 0.556. The van der Waals surface area contributed by atoms with E-state index in [-0.39, 0.29) is 5.91 Å². The van der Waals surface area contributed by atoms with Crippen molar-refractivity contribution in [3.63, 3.8) is 0 Å². The Morgan fingerprint density at radius 3 is 2.55 bits per heavy atom. The van der Waals surface area contributed by atoms with Crippen LogP contribution >= 0.6 is 0 Å². The molecule has 1 heterocycles. The number of hydrogen-bond donors (Lipinski definition) is 0. The predicted octanol–water partition coefficient (Wildman–Crippen LogP) is 2.72. The summed E-state index contributed by atoms with van der Waals surface area (Å²) in [4.78, 5) is 19.8. The van der Waals surface area contributed by atoms with Crippen LogP contribution in [0.2, 0.25) is 0 Å². The van der Waals surface area contributed by atoms with Gasteiger partial charge >= 0.3 is 0 Å². The predicted molar refractivity (Wildman–Crippen MR) is 90.5 cm³/mol. The van der Waals surface area contributed by atoms with Crippen molar-refractivity contribution in [1.82, 2.24) is 4.90 Å². The van der Waals surface area contributed by atoms with Crippen LogP contribution < -0.4 is 5.46 Å². The van der Waals surface area contributed by atoms with Crippen LogP contribution in [0.1, 0.15) is 57.4 Å². The van der Waals surface area contributed by atoms with Gasteiger partial charge < -0.3 is 0 Å². The normalized spacial score (nSPS) is 20.0. The van der Waals surface area contributed by atoms with E-state index in [0.29, 0.717) is 6.54 Å². The Labute approximate surface area is 134 Å². The highest BCUT2D eigenvalue weighted by Crippen LogP contribution is 2.40. The summed E-state index contributed by atoms with van der Waals surface area (Å²) in [6.45, 7) is 2.79. The van der Waals surface area contributed by atoms with Gasteiger partial charge in [-0.25, -0.2) is 0 Å². The smallest absolute Gasteiger partial charge is 0.256 e. The van der Waals surface area contributed by atoms with Gasteiger partial charge in [-0.2, -0.15) is 0 Å². The maximum absolute atomic E-state index is 13.0. The van der Waals surface area contributed by atoms with E-state index in [4.69, 9.17) is 12.8 Å². The quantitative estimate of drug-likeness (QED) is 0.769. The number of nitrogens with zero attached hydrogens (tertiary/aromatic N) is 2. The molecule has 0 unspecified atom stereocenters. The highest BCUT2D eigenvalue weighted by Gasteiger charge is 2.49. The monoisotopic (exact) mass is 294 g/mol. The van der Waals surface area contributed by atoms with Gasteiger partial charge in [0.15, 0.2) is 0 Å². The van der Waals surface area contributed by atoms with Crippen molar-refractivity contribution in [3.8, 4) is 0 Å². The van der Waals surface area contributed by atoms with Crippen LogP contribution in [0.25, 0.3) is 0 Å². The second kappa shape index (κ2) is 6.27. The zero-order valence-corrected chi connectivity index (χ0v) is 13.3. The molecule has 0 N–H and O–H groups in total. The van der Waals surface area contributed by atoms with Gasteiger partial charge in [-0.3, -0.25) is 14.7 Å². The number of amidine groups is 1. The number of rotatable bonds is 5. The van der Waals surface area contributed by atoms with Crippen LogP contribution in [-0.2, 0) is 11.3 Å². The SMILES string of the molecule is [B]c1ccc(CN2C(=O)C3(CCCC3)N=C2CCCC)cc1. The third kappa shape index (κ3) is 2.83. The molecule has 22 heavy (non-hydrogen) atoms. The van der Waals surface area contributed by atoms with E-state index < -0.39 is 5.54 Å². The first-order chi connectivity index (χ1) is 10.6. The van der Waals surface area contributed by atoms with E-state index in [1.807, 2.05) is 29.2 Å². The third-order valence-electron chi connectivity index (χ3n) is 4.80. The summed E-state index contributed by atoms with van der Waals surface area (Å²) in [7, 11) is 5.75. The number of hydrogen-bond acceptors (Lipinski definition) is 2. The zero-order chi connectivity index (χ0) is 15.6. The fourth-order valence-electron chi connectivity index (χ4n) is 3.50. The molecule has 1 fully saturated rings. The minimum Gasteiger partial charge on any atom is -0.294 e. The average molecular weight is 294 g/mol. The summed E-state index contributed by atoms with van der Waals surface area (Å²) < 4.78 is 0. The molecule has 0 bridgehead atoms. The molecule has 1 aromatic carbocycles. The van der Waals surface area contributed by atoms with E-state index in [1.54, 1.807) is 0 Å². The molecular weight excluding hydrogens is 271 g/mol. The van der Waals surface area contributed by atoms with Crippen molar-refractivity contribution in [2.75, 3.05) is 0 Å². The van der Waals surface area contributed by atoms with Gasteiger partial charge in [0, 0.05) is 6.42 Å². The maximum atomic E-state index is 13.0. The molecule has 1 amide bonds. The zero-order valence-electron chi connectivity index (χ0n) is 13.3. The van der Waals surface area contributed by atoms with Crippen LogP contribution in [0.15, 0.2) is 29.3 Å². The second-order valence-electron chi connectivity index (χ2n) is 6.50. The van der Waals surface area contributed by atoms with Crippen molar-refractivity contribution in [2.45, 2.75) is 64.0 Å². The van der Waals surface area contributed by atoms with Crippen LogP contribution in [0.3, 0.4) is 0 Å². The Hall–Kier alpha value is -1.58. The highest BCUT2D eigenvalue weighted by atomic mass is 16.2. The van der Waals surface area contributed by atoms with Crippen molar-refractivity contribution >= 4 is 25.1 Å². The molecule has 114 valence electrons. The largest absolute Gasteiger partial charge is 0.294 e. The van der Waals surface area contributed by atoms with Gasteiger partial charge in [-0.05, 0) is 24.8 Å². The molecule has 1 saturated carbocycles. The Morgan fingerprint density at radius 1 is 1.23 bits per heavy atom. The molecule has 1 spiro atoms. The molecule has 3 rings (SSSR count). The van der Waals surface area contributed by atoms with Crippen LogP contribution in [0.4, 0.5) is 0 Å². The maximum Gasteiger partial charge on any atom is 0.256 e. The lowest BCUT2D eigenvalue weighted by atomic mass is 9.95. The summed E-state index contributed by atoms with van der Waals surface area (Å²) in [5.41, 5.74) is 1.43. The molecule has 2 radical (unpaired) electrons. The van der Waals surface area contributed by atoms with Gasteiger partial charge in [-0.15, -0.1) is 0 Å². The number of amides is 1. The highest BCUT2D eigenvalue weighted by molar-refractivity contribution is 6.32. The van der Waals surface area contributed by atoms with Gasteiger partial charge in [-0.1, -0.05) is 55.9 Å². The number of carbonyl (C=O) groups is 1. The summed E-state index contributed by atoms with van der Waals surface area (Å²) in [5, 5.41) is 0. The molecule has 1 aliphatic heterocycles. The first kappa shape index (κ1) is 15.3. The molecule has 1 aromatic rings. The summed E-state index contributed by atoms with van der Waals surface area (Å²) >= 11 is 0. The van der Waals surface area contributed by atoms with Crippen molar-refractivity contribution < 1.29 is 4.79 Å². The topological polar surface area (TPSA) is 32.7 Å². The minimum absolute atomic E-state index is 0.216. The number of carbonyl (C=O) groups excluding carboxylic acids is 1. The summed E-state index contributed by atoms with van der Waals surface area (Å²) in [6.07, 6.45) is 7.17. The minimum atomic E-state index is -0.434. The van der Waals surface area contributed by atoms with Gasteiger partial charge in [0.2, 0.25) is 0 Å². The molecule has 0 atom stereocenters.